The van der Waals surface area contributed by atoms with Crippen LogP contribution in [0.25, 0.3) is 0 Å². The van der Waals surface area contributed by atoms with Crippen molar-refractivity contribution in [1.29, 1.82) is 0 Å². The van der Waals surface area contributed by atoms with Crippen LogP contribution in [0.2, 0.25) is 0 Å². The first-order chi connectivity index (χ1) is 7.24. The summed E-state index contributed by atoms with van der Waals surface area (Å²) in [6.45, 7) is 8.06. The fourth-order valence-corrected chi connectivity index (χ4v) is 2.40. The Morgan fingerprint density at radius 3 is 2.67 bits per heavy atom. The standard InChI is InChI=1S/C14H27N/c1-4-14(12(2)3)15-11-10-13-8-6-5-7-9-13/h8,12,14-15H,4-7,9-11H2,1-3H3/t14-/m0/s1. The van der Waals surface area contributed by atoms with Crippen LogP contribution in [-0.4, -0.2) is 12.6 Å². The minimum absolute atomic E-state index is 0.703. The van der Waals surface area contributed by atoms with Gasteiger partial charge in [-0.3, -0.25) is 0 Å². The summed E-state index contributed by atoms with van der Waals surface area (Å²) >= 11 is 0. The molecule has 1 aliphatic carbocycles. The molecule has 0 aliphatic heterocycles. The maximum atomic E-state index is 3.68. The summed E-state index contributed by atoms with van der Waals surface area (Å²) in [5, 5.41) is 3.68. The fraction of sp³-hybridized carbons (Fsp3) is 0.857. The summed E-state index contributed by atoms with van der Waals surface area (Å²) in [5.74, 6) is 0.760. The van der Waals surface area contributed by atoms with E-state index >= 15 is 0 Å². The van der Waals surface area contributed by atoms with E-state index in [1.807, 2.05) is 0 Å². The van der Waals surface area contributed by atoms with Gasteiger partial charge in [-0.05, 0) is 51.0 Å². The second kappa shape index (κ2) is 7.05. The average molecular weight is 209 g/mol. The number of rotatable bonds is 6. The minimum Gasteiger partial charge on any atom is -0.313 e. The first kappa shape index (κ1) is 12.8. The van der Waals surface area contributed by atoms with Gasteiger partial charge in [0.25, 0.3) is 0 Å². The Hall–Kier alpha value is -0.300. The van der Waals surface area contributed by atoms with Crippen LogP contribution in [-0.2, 0) is 0 Å². The first-order valence-corrected chi connectivity index (χ1v) is 6.65. The Bertz CT molecular complexity index is 194. The highest BCUT2D eigenvalue weighted by molar-refractivity contribution is 5.05. The smallest absolute Gasteiger partial charge is 0.00875 e. The lowest BCUT2D eigenvalue weighted by Crippen LogP contribution is -2.34. The van der Waals surface area contributed by atoms with E-state index < -0.39 is 0 Å². The molecule has 1 atom stereocenters. The van der Waals surface area contributed by atoms with E-state index in [1.54, 1.807) is 5.57 Å². The number of nitrogens with one attached hydrogen (secondary N) is 1. The Morgan fingerprint density at radius 1 is 1.33 bits per heavy atom. The molecule has 0 aromatic heterocycles. The summed E-state index contributed by atoms with van der Waals surface area (Å²) in [7, 11) is 0. The van der Waals surface area contributed by atoms with Crippen LogP contribution in [0.1, 0.15) is 59.3 Å². The first-order valence-electron chi connectivity index (χ1n) is 6.65. The van der Waals surface area contributed by atoms with Crippen molar-refractivity contribution in [3.05, 3.63) is 11.6 Å². The van der Waals surface area contributed by atoms with E-state index in [4.69, 9.17) is 0 Å². The van der Waals surface area contributed by atoms with Gasteiger partial charge in [0, 0.05) is 6.04 Å². The van der Waals surface area contributed by atoms with E-state index in [0.29, 0.717) is 6.04 Å². The highest BCUT2D eigenvalue weighted by Gasteiger charge is 2.10. The van der Waals surface area contributed by atoms with Crippen LogP contribution in [0.3, 0.4) is 0 Å². The second-order valence-corrected chi connectivity index (χ2v) is 5.07. The van der Waals surface area contributed by atoms with Crippen molar-refractivity contribution in [1.82, 2.24) is 5.32 Å². The molecule has 15 heavy (non-hydrogen) atoms. The Labute approximate surface area is 95.3 Å². The molecule has 0 heterocycles. The lowest BCUT2D eigenvalue weighted by molar-refractivity contribution is 0.390. The minimum atomic E-state index is 0.703. The molecule has 0 amide bonds. The summed E-state index contributed by atoms with van der Waals surface area (Å²) in [6, 6.07) is 0.703. The highest BCUT2D eigenvalue weighted by Crippen LogP contribution is 2.19. The summed E-state index contributed by atoms with van der Waals surface area (Å²) in [4.78, 5) is 0. The second-order valence-electron chi connectivity index (χ2n) is 5.07. The molecule has 0 saturated heterocycles. The summed E-state index contributed by atoms with van der Waals surface area (Å²) in [6.07, 6.45) is 10.5. The van der Waals surface area contributed by atoms with Gasteiger partial charge in [0.05, 0.1) is 0 Å². The molecule has 0 aromatic carbocycles. The largest absolute Gasteiger partial charge is 0.313 e. The van der Waals surface area contributed by atoms with Crippen molar-refractivity contribution < 1.29 is 0 Å². The molecule has 0 fully saturated rings. The van der Waals surface area contributed by atoms with Crippen molar-refractivity contribution in [2.24, 2.45) is 5.92 Å². The predicted molar refractivity (Wildman–Crippen MR) is 68.1 cm³/mol. The maximum absolute atomic E-state index is 3.68. The molecule has 1 N–H and O–H groups in total. The zero-order valence-electron chi connectivity index (χ0n) is 10.7. The van der Waals surface area contributed by atoms with Crippen LogP contribution >= 0.6 is 0 Å². The van der Waals surface area contributed by atoms with Gasteiger partial charge in [-0.2, -0.15) is 0 Å². The van der Waals surface area contributed by atoms with Gasteiger partial charge < -0.3 is 5.32 Å². The third-order valence-electron chi connectivity index (χ3n) is 3.48. The third kappa shape index (κ3) is 4.83. The van der Waals surface area contributed by atoms with Gasteiger partial charge in [-0.15, -0.1) is 0 Å². The molecule has 1 aliphatic rings. The highest BCUT2D eigenvalue weighted by atomic mass is 14.9. The van der Waals surface area contributed by atoms with Gasteiger partial charge in [-0.25, -0.2) is 0 Å². The van der Waals surface area contributed by atoms with Gasteiger partial charge in [0.2, 0.25) is 0 Å². The van der Waals surface area contributed by atoms with Crippen molar-refractivity contribution >= 4 is 0 Å². The van der Waals surface area contributed by atoms with E-state index in [-0.39, 0.29) is 0 Å². The fourth-order valence-electron chi connectivity index (χ4n) is 2.40. The van der Waals surface area contributed by atoms with Crippen LogP contribution in [0, 0.1) is 5.92 Å². The average Bonchev–Trinajstić information content (AvgIpc) is 2.25. The van der Waals surface area contributed by atoms with Gasteiger partial charge in [-0.1, -0.05) is 32.4 Å². The monoisotopic (exact) mass is 209 g/mol. The molecule has 1 nitrogen and oxygen atoms in total. The quantitative estimate of drug-likeness (QED) is 0.654. The molecule has 1 heteroatoms. The lowest BCUT2D eigenvalue weighted by Gasteiger charge is -2.21. The summed E-state index contributed by atoms with van der Waals surface area (Å²) in [5.41, 5.74) is 1.69. The molecule has 0 bridgehead atoms. The molecule has 88 valence electrons. The van der Waals surface area contributed by atoms with Crippen LogP contribution in [0.4, 0.5) is 0 Å². The van der Waals surface area contributed by atoms with E-state index in [0.717, 1.165) is 5.92 Å². The molecule has 0 spiro atoms. The molecular weight excluding hydrogens is 182 g/mol. The number of allylic oxidation sites excluding steroid dienone is 1. The zero-order valence-corrected chi connectivity index (χ0v) is 10.7. The van der Waals surface area contributed by atoms with Crippen molar-refractivity contribution in [3.8, 4) is 0 Å². The predicted octanol–water partition coefficient (Wildman–Crippen LogP) is 3.90. The third-order valence-corrected chi connectivity index (χ3v) is 3.48. The molecule has 0 radical (unpaired) electrons. The Morgan fingerprint density at radius 2 is 2.13 bits per heavy atom. The van der Waals surface area contributed by atoms with Crippen molar-refractivity contribution in [3.63, 3.8) is 0 Å². The van der Waals surface area contributed by atoms with Crippen LogP contribution < -0.4 is 5.32 Å². The van der Waals surface area contributed by atoms with Crippen LogP contribution in [0.15, 0.2) is 11.6 Å². The molecule has 1 rings (SSSR count). The van der Waals surface area contributed by atoms with Gasteiger partial charge >= 0.3 is 0 Å². The SMILES string of the molecule is CC[C@H](NCCC1=CCCCC1)C(C)C. The number of hydrogen-bond acceptors (Lipinski definition) is 1. The molecule has 0 unspecified atom stereocenters. The van der Waals surface area contributed by atoms with Gasteiger partial charge in [0.1, 0.15) is 0 Å². The number of hydrogen-bond donors (Lipinski definition) is 1. The lowest BCUT2D eigenvalue weighted by atomic mass is 9.96. The summed E-state index contributed by atoms with van der Waals surface area (Å²) < 4.78 is 0. The van der Waals surface area contributed by atoms with Gasteiger partial charge in [0.15, 0.2) is 0 Å². The Balaban J connectivity index is 2.16. The normalized spacial score (nSPS) is 19.1. The Kier molecular flexibility index (Phi) is 6.00. The van der Waals surface area contributed by atoms with Crippen molar-refractivity contribution in [2.75, 3.05) is 6.54 Å². The molecule has 0 saturated carbocycles. The molecular formula is C14H27N. The maximum Gasteiger partial charge on any atom is 0.00875 e. The van der Waals surface area contributed by atoms with Crippen molar-refractivity contribution in [2.45, 2.75) is 65.3 Å². The van der Waals surface area contributed by atoms with E-state index in [2.05, 4.69) is 32.2 Å². The molecule has 0 aromatic rings. The van der Waals surface area contributed by atoms with E-state index in [1.165, 1.54) is 45.1 Å². The van der Waals surface area contributed by atoms with Crippen LogP contribution in [0.5, 0.6) is 0 Å². The zero-order chi connectivity index (χ0) is 11.1. The van der Waals surface area contributed by atoms with E-state index in [9.17, 15) is 0 Å². The topological polar surface area (TPSA) is 12.0 Å².